The molecule has 4 rings (SSSR count). The van der Waals surface area contributed by atoms with Gasteiger partial charge < -0.3 is 15.3 Å². The van der Waals surface area contributed by atoms with Crippen LogP contribution in [0.4, 0.5) is 5.82 Å². The van der Waals surface area contributed by atoms with E-state index in [4.69, 9.17) is 0 Å². The van der Waals surface area contributed by atoms with E-state index in [0.29, 0.717) is 6.54 Å². The predicted molar refractivity (Wildman–Crippen MR) is 89.5 cm³/mol. The first kappa shape index (κ1) is 14.8. The zero-order chi connectivity index (χ0) is 15.9. The van der Waals surface area contributed by atoms with Crippen LogP contribution in [0.25, 0.3) is 10.2 Å². The van der Waals surface area contributed by atoms with Gasteiger partial charge in [-0.2, -0.15) is 0 Å². The van der Waals surface area contributed by atoms with E-state index in [9.17, 15) is 9.90 Å². The third kappa shape index (κ3) is 2.68. The molecule has 2 aliphatic rings. The average molecular weight is 332 g/mol. The van der Waals surface area contributed by atoms with Gasteiger partial charge in [-0.05, 0) is 37.1 Å². The van der Waals surface area contributed by atoms with E-state index in [1.54, 1.807) is 17.7 Å². The van der Waals surface area contributed by atoms with Crippen LogP contribution in [0.1, 0.15) is 25.7 Å². The summed E-state index contributed by atoms with van der Waals surface area (Å²) < 4.78 is 0. The molecule has 1 aliphatic heterocycles. The Kier molecular flexibility index (Phi) is 3.69. The molecular weight excluding hydrogens is 312 g/mol. The van der Waals surface area contributed by atoms with Crippen LogP contribution >= 0.6 is 11.3 Å². The summed E-state index contributed by atoms with van der Waals surface area (Å²) in [6.07, 6.45) is 5.40. The van der Waals surface area contributed by atoms with Crippen molar-refractivity contribution in [1.82, 2.24) is 15.3 Å². The zero-order valence-corrected chi connectivity index (χ0v) is 13.7. The number of hydrogen-bond acceptors (Lipinski definition) is 6. The van der Waals surface area contributed by atoms with Crippen molar-refractivity contribution in [2.45, 2.75) is 31.7 Å². The van der Waals surface area contributed by atoms with Gasteiger partial charge in [0.25, 0.3) is 0 Å². The van der Waals surface area contributed by atoms with Gasteiger partial charge in [0, 0.05) is 18.5 Å². The minimum absolute atomic E-state index is 0.0456. The second-order valence-electron chi connectivity index (χ2n) is 6.56. The number of carbonyl (C=O) groups excluding carboxylic acids is 1. The molecule has 1 saturated heterocycles. The van der Waals surface area contributed by atoms with E-state index >= 15 is 0 Å². The van der Waals surface area contributed by atoms with Crippen molar-refractivity contribution in [3.05, 3.63) is 17.8 Å². The number of anilines is 1. The van der Waals surface area contributed by atoms with Crippen LogP contribution in [0.15, 0.2) is 17.8 Å². The molecule has 6 nitrogen and oxygen atoms in total. The molecule has 1 amide bonds. The molecule has 0 radical (unpaired) electrons. The molecule has 0 bridgehead atoms. The van der Waals surface area contributed by atoms with E-state index < -0.39 is 0 Å². The van der Waals surface area contributed by atoms with Crippen LogP contribution in [-0.4, -0.2) is 46.7 Å². The number of hydrogen-bond donors (Lipinski definition) is 2. The lowest BCUT2D eigenvalue weighted by molar-refractivity contribution is -0.122. The first-order valence-electron chi connectivity index (χ1n) is 8.06. The Labute approximate surface area is 138 Å². The Bertz CT molecular complexity index is 728. The third-order valence-corrected chi connectivity index (χ3v) is 5.82. The molecule has 23 heavy (non-hydrogen) atoms. The average Bonchev–Trinajstić information content (AvgIpc) is 3.00. The number of aliphatic hydroxyl groups excluding tert-OH is 1. The molecule has 1 atom stereocenters. The van der Waals surface area contributed by atoms with Crippen molar-refractivity contribution in [2.75, 3.05) is 24.6 Å². The summed E-state index contributed by atoms with van der Waals surface area (Å²) in [4.78, 5) is 24.4. The van der Waals surface area contributed by atoms with Crippen molar-refractivity contribution in [3.8, 4) is 0 Å². The summed E-state index contributed by atoms with van der Waals surface area (Å²) in [5.74, 6) is 0.904. The fourth-order valence-corrected chi connectivity index (χ4v) is 3.99. The van der Waals surface area contributed by atoms with Gasteiger partial charge in [-0.1, -0.05) is 0 Å². The fourth-order valence-electron chi connectivity index (χ4n) is 3.26. The highest BCUT2D eigenvalue weighted by Gasteiger charge is 2.43. The highest BCUT2D eigenvalue weighted by molar-refractivity contribution is 7.16. The Morgan fingerprint density at radius 2 is 2.35 bits per heavy atom. The number of thiophene rings is 1. The first-order chi connectivity index (χ1) is 11.2. The van der Waals surface area contributed by atoms with E-state index in [1.165, 1.54) is 0 Å². The number of amides is 1. The molecular formula is C16H20N4O2S. The zero-order valence-electron chi connectivity index (χ0n) is 12.9. The number of rotatable bonds is 5. The van der Waals surface area contributed by atoms with Crippen LogP contribution in [0.3, 0.4) is 0 Å². The Morgan fingerprint density at radius 1 is 1.48 bits per heavy atom. The maximum absolute atomic E-state index is 12.6. The van der Waals surface area contributed by atoms with E-state index in [0.717, 1.165) is 48.3 Å². The minimum atomic E-state index is -0.178. The molecule has 122 valence electrons. The summed E-state index contributed by atoms with van der Waals surface area (Å²) in [5, 5.41) is 15.4. The van der Waals surface area contributed by atoms with Crippen LogP contribution in [0.5, 0.6) is 0 Å². The van der Waals surface area contributed by atoms with Crippen LogP contribution in [-0.2, 0) is 4.79 Å². The summed E-state index contributed by atoms with van der Waals surface area (Å²) in [5.41, 5.74) is -0.0609. The maximum Gasteiger partial charge on any atom is 0.242 e. The largest absolute Gasteiger partial charge is 0.396 e. The van der Waals surface area contributed by atoms with Crippen LogP contribution in [0.2, 0.25) is 0 Å². The number of fused-ring (bicyclic) bond motifs is 1. The molecule has 2 fully saturated rings. The third-order valence-electron chi connectivity index (χ3n) is 5.00. The van der Waals surface area contributed by atoms with Gasteiger partial charge in [-0.15, -0.1) is 11.3 Å². The first-order valence-corrected chi connectivity index (χ1v) is 8.94. The number of carbonyl (C=O) groups is 1. The molecule has 2 N–H and O–H groups in total. The van der Waals surface area contributed by atoms with E-state index in [2.05, 4.69) is 20.2 Å². The lowest BCUT2D eigenvalue weighted by Gasteiger charge is -2.26. The van der Waals surface area contributed by atoms with Crippen LogP contribution < -0.4 is 10.2 Å². The van der Waals surface area contributed by atoms with E-state index in [1.807, 2.05) is 11.4 Å². The minimum Gasteiger partial charge on any atom is -0.396 e. The SMILES string of the molecule is O=C(NCC1(CO)CC1)[C@H]1CCCN1c1ncnc2sccc12. The lowest BCUT2D eigenvalue weighted by Crippen LogP contribution is -2.45. The second kappa shape index (κ2) is 5.72. The Morgan fingerprint density at radius 3 is 3.13 bits per heavy atom. The van der Waals surface area contributed by atoms with Gasteiger partial charge >= 0.3 is 0 Å². The molecule has 1 aliphatic carbocycles. The van der Waals surface area contributed by atoms with Crippen molar-refractivity contribution in [3.63, 3.8) is 0 Å². The standard InChI is InChI=1S/C16H20N4O2S/c21-9-16(4-5-16)8-17-14(22)12-2-1-6-20(12)13-11-3-7-23-15(11)19-10-18-13/h3,7,10,12,21H,1-2,4-6,8-9H2,(H,17,22)/t12-/m1/s1. The maximum atomic E-state index is 12.6. The van der Waals surface area contributed by atoms with E-state index in [-0.39, 0.29) is 24.0 Å². The fraction of sp³-hybridized carbons (Fsp3) is 0.562. The molecule has 2 aromatic heterocycles. The second-order valence-corrected chi connectivity index (χ2v) is 7.46. The molecule has 1 saturated carbocycles. The van der Waals surface area contributed by atoms with Gasteiger partial charge in [0.05, 0.1) is 12.0 Å². The summed E-state index contributed by atoms with van der Waals surface area (Å²) in [7, 11) is 0. The van der Waals surface area contributed by atoms with Gasteiger partial charge in [-0.3, -0.25) is 4.79 Å². The quantitative estimate of drug-likeness (QED) is 0.868. The monoisotopic (exact) mass is 332 g/mol. The summed E-state index contributed by atoms with van der Waals surface area (Å²) >= 11 is 1.59. The van der Waals surface area contributed by atoms with Gasteiger partial charge in [0.15, 0.2) is 0 Å². The van der Waals surface area contributed by atoms with Crippen molar-refractivity contribution in [2.24, 2.45) is 5.41 Å². The van der Waals surface area contributed by atoms with Crippen molar-refractivity contribution in [1.29, 1.82) is 0 Å². The molecule has 2 aromatic rings. The number of aliphatic hydroxyl groups is 1. The predicted octanol–water partition coefficient (Wildman–Crippen LogP) is 1.55. The number of aromatic nitrogens is 2. The Hall–Kier alpha value is -1.73. The summed E-state index contributed by atoms with van der Waals surface area (Å²) in [6, 6.07) is 1.84. The Balaban J connectivity index is 1.52. The number of nitrogens with zero attached hydrogens (tertiary/aromatic N) is 3. The number of nitrogens with one attached hydrogen (secondary N) is 1. The molecule has 3 heterocycles. The lowest BCUT2D eigenvalue weighted by atomic mass is 10.1. The highest BCUT2D eigenvalue weighted by Crippen LogP contribution is 2.44. The smallest absolute Gasteiger partial charge is 0.242 e. The van der Waals surface area contributed by atoms with Gasteiger partial charge in [0.2, 0.25) is 5.91 Å². The van der Waals surface area contributed by atoms with Gasteiger partial charge in [-0.25, -0.2) is 9.97 Å². The molecule has 0 unspecified atom stereocenters. The van der Waals surface area contributed by atoms with Gasteiger partial charge in [0.1, 0.15) is 23.0 Å². The van der Waals surface area contributed by atoms with Crippen LogP contribution in [0, 0.1) is 5.41 Å². The van der Waals surface area contributed by atoms with Crippen molar-refractivity contribution >= 4 is 33.3 Å². The van der Waals surface area contributed by atoms with Crippen molar-refractivity contribution < 1.29 is 9.90 Å². The molecule has 7 heteroatoms. The molecule has 0 spiro atoms. The summed E-state index contributed by atoms with van der Waals surface area (Å²) in [6.45, 7) is 1.57. The normalized spacial score (nSPS) is 22.5. The topological polar surface area (TPSA) is 78.4 Å². The molecule has 0 aromatic carbocycles. The highest BCUT2D eigenvalue weighted by atomic mass is 32.1.